The van der Waals surface area contributed by atoms with Gasteiger partial charge in [-0.2, -0.15) is 0 Å². The van der Waals surface area contributed by atoms with E-state index in [9.17, 15) is 0 Å². The Morgan fingerprint density at radius 3 is 2.38 bits per heavy atom. The first-order valence-corrected chi connectivity index (χ1v) is 10.1. The summed E-state index contributed by atoms with van der Waals surface area (Å²) in [6.07, 6.45) is 3.31. The lowest BCUT2D eigenvalue weighted by Crippen LogP contribution is -2.36. The van der Waals surface area contributed by atoms with E-state index in [4.69, 9.17) is 26.2 Å². The average molecular weight is 405 g/mol. The lowest BCUT2D eigenvalue weighted by molar-refractivity contribution is 0.122. The van der Waals surface area contributed by atoms with Crippen LogP contribution in [0.2, 0.25) is 0 Å². The van der Waals surface area contributed by atoms with E-state index in [0.29, 0.717) is 19.0 Å². The first-order chi connectivity index (χ1) is 14.2. The minimum atomic E-state index is 0.226. The lowest BCUT2D eigenvalue weighted by atomic mass is 10.2. The van der Waals surface area contributed by atoms with E-state index < -0.39 is 0 Å². The van der Waals surface area contributed by atoms with Crippen molar-refractivity contribution in [2.24, 2.45) is 0 Å². The molecule has 0 spiro atoms. The zero-order chi connectivity index (χ0) is 19.8. The maximum atomic E-state index is 5.84. The summed E-state index contributed by atoms with van der Waals surface area (Å²) in [5, 5.41) is 0. The number of benzene rings is 1. The van der Waals surface area contributed by atoms with Gasteiger partial charge in [-0.25, -0.2) is 19.9 Å². The van der Waals surface area contributed by atoms with Crippen LogP contribution >= 0.6 is 11.3 Å². The number of morpholine rings is 1. The van der Waals surface area contributed by atoms with E-state index >= 15 is 0 Å². The van der Waals surface area contributed by atoms with Crippen LogP contribution in [0.1, 0.15) is 0 Å². The van der Waals surface area contributed by atoms with Crippen LogP contribution in [0.15, 0.2) is 42.7 Å². The fourth-order valence-electron chi connectivity index (χ4n) is 3.28. The van der Waals surface area contributed by atoms with Gasteiger partial charge in [0.25, 0.3) is 0 Å². The highest BCUT2D eigenvalue weighted by atomic mass is 32.1. The number of ether oxygens (including phenoxy) is 1. The van der Waals surface area contributed by atoms with Crippen LogP contribution in [0.3, 0.4) is 0 Å². The number of fused-ring (bicyclic) bond motifs is 1. The van der Waals surface area contributed by atoms with Gasteiger partial charge < -0.3 is 21.1 Å². The molecule has 8 nitrogen and oxygen atoms in total. The van der Waals surface area contributed by atoms with Crippen molar-refractivity contribution in [2.75, 3.05) is 42.7 Å². The molecule has 1 fully saturated rings. The Kier molecular flexibility index (Phi) is 4.45. The molecule has 0 bridgehead atoms. The molecule has 0 radical (unpaired) electrons. The first-order valence-electron chi connectivity index (χ1n) is 9.25. The Morgan fingerprint density at radius 1 is 0.931 bits per heavy atom. The number of aromatic nitrogens is 4. The van der Waals surface area contributed by atoms with Crippen molar-refractivity contribution in [3.8, 4) is 21.8 Å². The molecular weight excluding hydrogens is 386 g/mol. The summed E-state index contributed by atoms with van der Waals surface area (Å²) in [5.74, 6) is 1.72. The number of rotatable bonds is 3. The zero-order valence-corrected chi connectivity index (χ0v) is 16.4. The molecule has 0 aliphatic carbocycles. The van der Waals surface area contributed by atoms with Crippen molar-refractivity contribution in [3.05, 3.63) is 42.7 Å². The van der Waals surface area contributed by atoms with Crippen molar-refractivity contribution in [2.45, 2.75) is 0 Å². The number of hydrogen-bond donors (Lipinski definition) is 2. The van der Waals surface area contributed by atoms with Gasteiger partial charge in [0.1, 0.15) is 0 Å². The number of anilines is 3. The van der Waals surface area contributed by atoms with Gasteiger partial charge in [-0.3, -0.25) is 0 Å². The molecular formula is C20H19N7OS. The minimum absolute atomic E-state index is 0.226. The Morgan fingerprint density at radius 2 is 1.66 bits per heavy atom. The van der Waals surface area contributed by atoms with Crippen LogP contribution in [0.25, 0.3) is 32.0 Å². The fraction of sp³-hybridized carbons (Fsp3) is 0.200. The third kappa shape index (κ3) is 3.45. The summed E-state index contributed by atoms with van der Waals surface area (Å²) in [4.78, 5) is 21.2. The van der Waals surface area contributed by atoms with Gasteiger partial charge in [0, 0.05) is 36.0 Å². The number of nitrogens with zero attached hydrogens (tertiary/aromatic N) is 5. The average Bonchev–Trinajstić information content (AvgIpc) is 3.19. The molecule has 4 N–H and O–H groups in total. The van der Waals surface area contributed by atoms with Crippen molar-refractivity contribution < 1.29 is 4.74 Å². The van der Waals surface area contributed by atoms with Gasteiger partial charge in [-0.05, 0) is 23.8 Å². The van der Waals surface area contributed by atoms with Crippen LogP contribution in [-0.2, 0) is 4.74 Å². The number of hydrogen-bond acceptors (Lipinski definition) is 9. The van der Waals surface area contributed by atoms with Crippen molar-refractivity contribution >= 4 is 39.0 Å². The predicted octanol–water partition coefficient (Wildman–Crippen LogP) is 2.82. The van der Waals surface area contributed by atoms with Crippen LogP contribution < -0.4 is 16.4 Å². The van der Waals surface area contributed by atoms with Crippen LogP contribution in [-0.4, -0.2) is 46.2 Å². The van der Waals surface area contributed by atoms with E-state index in [1.54, 1.807) is 23.7 Å². The molecule has 29 heavy (non-hydrogen) atoms. The maximum Gasteiger partial charge on any atom is 0.219 e. The highest BCUT2D eigenvalue weighted by Crippen LogP contribution is 2.38. The molecule has 5 rings (SSSR count). The normalized spacial score (nSPS) is 14.4. The molecule has 3 aromatic heterocycles. The van der Waals surface area contributed by atoms with E-state index in [2.05, 4.69) is 20.9 Å². The quantitative estimate of drug-likeness (QED) is 0.500. The molecule has 1 saturated heterocycles. The van der Waals surface area contributed by atoms with Gasteiger partial charge in [0.15, 0.2) is 11.6 Å². The second-order valence-electron chi connectivity index (χ2n) is 6.75. The summed E-state index contributed by atoms with van der Waals surface area (Å²) < 4.78 is 6.57. The van der Waals surface area contributed by atoms with Crippen molar-refractivity contribution in [1.82, 2.24) is 19.9 Å². The monoisotopic (exact) mass is 405 g/mol. The van der Waals surface area contributed by atoms with Gasteiger partial charge in [0.2, 0.25) is 5.95 Å². The molecule has 1 aliphatic rings. The highest BCUT2D eigenvalue weighted by molar-refractivity contribution is 7.22. The molecule has 1 aliphatic heterocycles. The summed E-state index contributed by atoms with van der Waals surface area (Å²) in [6, 6.07) is 9.96. The van der Waals surface area contributed by atoms with E-state index in [1.807, 2.05) is 24.3 Å². The van der Waals surface area contributed by atoms with Crippen LogP contribution in [0.4, 0.5) is 17.5 Å². The van der Waals surface area contributed by atoms with Crippen LogP contribution in [0, 0.1) is 0 Å². The highest BCUT2D eigenvalue weighted by Gasteiger charge is 2.20. The second-order valence-corrected chi connectivity index (χ2v) is 7.80. The zero-order valence-electron chi connectivity index (χ0n) is 15.6. The van der Waals surface area contributed by atoms with Gasteiger partial charge in [-0.1, -0.05) is 12.1 Å². The topological polar surface area (TPSA) is 116 Å². The molecule has 4 aromatic rings. The van der Waals surface area contributed by atoms with E-state index in [-0.39, 0.29) is 5.95 Å². The van der Waals surface area contributed by atoms with Gasteiger partial charge in [0.05, 0.1) is 29.0 Å². The maximum absolute atomic E-state index is 5.84. The molecule has 0 atom stereocenters. The molecule has 4 heterocycles. The van der Waals surface area contributed by atoms with Gasteiger partial charge in [-0.15, -0.1) is 11.3 Å². The van der Waals surface area contributed by atoms with Crippen LogP contribution in [0.5, 0.6) is 0 Å². The summed E-state index contributed by atoms with van der Waals surface area (Å²) in [7, 11) is 0. The molecule has 9 heteroatoms. The summed E-state index contributed by atoms with van der Waals surface area (Å²) in [6.45, 7) is 2.95. The Bertz CT molecular complexity index is 1150. The predicted molar refractivity (Wildman–Crippen MR) is 116 cm³/mol. The van der Waals surface area contributed by atoms with Crippen molar-refractivity contribution in [3.63, 3.8) is 0 Å². The Balaban J connectivity index is 1.67. The summed E-state index contributed by atoms with van der Waals surface area (Å²) >= 11 is 1.68. The molecule has 1 aromatic carbocycles. The third-order valence-electron chi connectivity index (χ3n) is 4.79. The molecule has 0 saturated carbocycles. The van der Waals surface area contributed by atoms with E-state index in [0.717, 1.165) is 50.8 Å². The fourth-order valence-corrected chi connectivity index (χ4v) is 4.40. The Labute approximate surface area is 171 Å². The minimum Gasteiger partial charge on any atom is -0.399 e. The molecule has 0 amide bonds. The molecule has 146 valence electrons. The standard InChI is InChI=1S/C20H19N7OS/c21-14-3-1-12(2-4-14)16-9-15-17(29-16)19(27-5-7-28-8-6-27)26-18(25-15)13-10-23-20(22)24-11-13/h1-4,9-11H,5-8,21H2,(H2,22,23,24). The smallest absolute Gasteiger partial charge is 0.219 e. The number of nitrogen functional groups attached to an aromatic ring is 2. The summed E-state index contributed by atoms with van der Waals surface area (Å²) in [5.41, 5.74) is 14.9. The SMILES string of the molecule is Nc1ccc(-c2cc3nc(-c4cnc(N)nc4)nc(N4CCOCC4)c3s2)cc1. The number of thiophene rings is 1. The Hall–Kier alpha value is -3.30. The van der Waals surface area contributed by atoms with E-state index in [1.165, 1.54) is 0 Å². The number of nitrogens with two attached hydrogens (primary N) is 2. The second kappa shape index (κ2) is 7.26. The third-order valence-corrected chi connectivity index (χ3v) is 5.96. The van der Waals surface area contributed by atoms with Gasteiger partial charge >= 0.3 is 0 Å². The largest absolute Gasteiger partial charge is 0.399 e. The first kappa shape index (κ1) is 17.8. The van der Waals surface area contributed by atoms with Crippen molar-refractivity contribution in [1.29, 1.82) is 0 Å². The lowest BCUT2D eigenvalue weighted by Gasteiger charge is -2.28. The molecule has 0 unspecified atom stereocenters.